The van der Waals surface area contributed by atoms with E-state index in [0.717, 1.165) is 18.8 Å². The molecule has 0 spiro atoms. The van der Waals surface area contributed by atoms with E-state index >= 15 is 0 Å². The maximum Gasteiger partial charge on any atom is 0.240 e. The number of nitrogens with zero attached hydrogens (tertiary/aromatic N) is 1. The minimum absolute atomic E-state index is 0.152. The summed E-state index contributed by atoms with van der Waals surface area (Å²) in [6, 6.07) is 8.11. The van der Waals surface area contributed by atoms with Crippen LogP contribution in [0.2, 0.25) is 0 Å². The molecule has 2 rings (SSSR count). The van der Waals surface area contributed by atoms with Crippen LogP contribution in [0, 0.1) is 0 Å². The molecule has 15 heavy (non-hydrogen) atoms. The van der Waals surface area contributed by atoms with E-state index in [4.69, 9.17) is 0 Å². The summed E-state index contributed by atoms with van der Waals surface area (Å²) < 4.78 is 0. The Morgan fingerprint density at radius 1 is 1.47 bits per heavy atom. The van der Waals surface area contributed by atoms with Crippen molar-refractivity contribution in [2.75, 3.05) is 30.8 Å². The number of nitrogens with one attached hydrogen (secondary N) is 1. The second kappa shape index (κ2) is 4.68. The molecule has 0 aliphatic carbocycles. The molecule has 3 nitrogen and oxygen atoms in total. The maximum absolute atomic E-state index is 11.7. The van der Waals surface area contributed by atoms with Gasteiger partial charge < -0.3 is 10.2 Å². The SMILES string of the molecule is CSc1cccc(N2CCNCC2=O)c1. The molecular formula is C11H14N2OS. The monoisotopic (exact) mass is 222 g/mol. The van der Waals surface area contributed by atoms with E-state index in [1.807, 2.05) is 23.3 Å². The zero-order valence-electron chi connectivity index (χ0n) is 8.69. The first-order valence-corrected chi connectivity index (χ1v) is 6.19. The Hall–Kier alpha value is -1.00. The van der Waals surface area contributed by atoms with Crippen LogP contribution in [-0.2, 0) is 4.79 Å². The van der Waals surface area contributed by atoms with Crippen molar-refractivity contribution in [3.05, 3.63) is 24.3 Å². The molecule has 1 aliphatic rings. The Morgan fingerprint density at radius 2 is 2.33 bits per heavy atom. The van der Waals surface area contributed by atoms with Crippen molar-refractivity contribution in [2.24, 2.45) is 0 Å². The molecular weight excluding hydrogens is 208 g/mol. The van der Waals surface area contributed by atoms with Crippen LogP contribution in [0.4, 0.5) is 5.69 Å². The van der Waals surface area contributed by atoms with Gasteiger partial charge in [0.05, 0.1) is 6.54 Å². The van der Waals surface area contributed by atoms with Crippen LogP contribution in [-0.4, -0.2) is 31.8 Å². The summed E-state index contributed by atoms with van der Waals surface area (Å²) in [7, 11) is 0. The molecule has 1 saturated heterocycles. The Morgan fingerprint density at radius 3 is 3.07 bits per heavy atom. The van der Waals surface area contributed by atoms with Crippen LogP contribution in [0.15, 0.2) is 29.2 Å². The summed E-state index contributed by atoms with van der Waals surface area (Å²) in [5, 5.41) is 3.07. The summed E-state index contributed by atoms with van der Waals surface area (Å²) in [5.74, 6) is 0.152. The molecule has 80 valence electrons. The maximum atomic E-state index is 11.7. The lowest BCUT2D eigenvalue weighted by Gasteiger charge is -2.27. The Balaban J connectivity index is 2.23. The lowest BCUT2D eigenvalue weighted by atomic mass is 10.2. The Bertz CT molecular complexity index is 367. The van der Waals surface area contributed by atoms with Gasteiger partial charge in [-0.15, -0.1) is 11.8 Å². The Labute approximate surface area is 93.8 Å². The molecule has 1 N–H and O–H groups in total. The third-order valence-corrected chi connectivity index (χ3v) is 3.18. The minimum Gasteiger partial charge on any atom is -0.310 e. The molecule has 0 radical (unpaired) electrons. The van der Waals surface area contributed by atoms with Gasteiger partial charge in [0.1, 0.15) is 0 Å². The third-order valence-electron chi connectivity index (χ3n) is 2.45. The van der Waals surface area contributed by atoms with Gasteiger partial charge in [0.15, 0.2) is 0 Å². The number of amides is 1. The van der Waals surface area contributed by atoms with Gasteiger partial charge in [0.2, 0.25) is 5.91 Å². The van der Waals surface area contributed by atoms with Gasteiger partial charge in [-0.1, -0.05) is 6.07 Å². The van der Waals surface area contributed by atoms with Crippen molar-refractivity contribution in [2.45, 2.75) is 4.90 Å². The highest BCUT2D eigenvalue weighted by Gasteiger charge is 2.18. The zero-order chi connectivity index (χ0) is 10.7. The number of anilines is 1. The van der Waals surface area contributed by atoms with E-state index in [0.29, 0.717) is 6.54 Å². The van der Waals surface area contributed by atoms with Crippen LogP contribution in [0.1, 0.15) is 0 Å². The van der Waals surface area contributed by atoms with Crippen LogP contribution in [0.5, 0.6) is 0 Å². The first-order valence-electron chi connectivity index (χ1n) is 4.96. The first-order chi connectivity index (χ1) is 7.31. The standard InChI is InChI=1S/C11H14N2OS/c1-15-10-4-2-3-9(7-10)13-6-5-12-8-11(13)14/h2-4,7,12H,5-6,8H2,1H3. The number of thioether (sulfide) groups is 1. The predicted molar refractivity (Wildman–Crippen MR) is 63.4 cm³/mol. The number of rotatable bonds is 2. The third kappa shape index (κ3) is 2.33. The summed E-state index contributed by atoms with van der Waals surface area (Å²) in [6.07, 6.45) is 2.04. The van der Waals surface area contributed by atoms with E-state index in [9.17, 15) is 4.79 Å². The minimum atomic E-state index is 0.152. The van der Waals surface area contributed by atoms with Gasteiger partial charge in [-0.2, -0.15) is 0 Å². The van der Waals surface area contributed by atoms with Gasteiger partial charge >= 0.3 is 0 Å². The molecule has 1 fully saturated rings. The lowest BCUT2D eigenvalue weighted by molar-refractivity contribution is -0.118. The van der Waals surface area contributed by atoms with Crippen molar-refractivity contribution in [3.63, 3.8) is 0 Å². The van der Waals surface area contributed by atoms with Crippen LogP contribution >= 0.6 is 11.8 Å². The first kappa shape index (κ1) is 10.5. The smallest absolute Gasteiger partial charge is 0.240 e. The molecule has 0 saturated carbocycles. The van der Waals surface area contributed by atoms with E-state index in [1.54, 1.807) is 11.8 Å². The van der Waals surface area contributed by atoms with Crippen molar-refractivity contribution < 1.29 is 4.79 Å². The molecule has 4 heteroatoms. The topological polar surface area (TPSA) is 32.3 Å². The molecule has 1 amide bonds. The normalized spacial score (nSPS) is 16.9. The predicted octanol–water partition coefficient (Wildman–Crippen LogP) is 1.34. The molecule has 0 unspecified atom stereocenters. The Kier molecular flexibility index (Phi) is 3.28. The molecule has 1 aliphatic heterocycles. The molecule has 1 aromatic rings. The highest BCUT2D eigenvalue weighted by molar-refractivity contribution is 7.98. The van der Waals surface area contributed by atoms with Crippen molar-refractivity contribution in [1.82, 2.24) is 5.32 Å². The second-order valence-corrected chi connectivity index (χ2v) is 4.30. The number of hydrogen-bond acceptors (Lipinski definition) is 3. The van der Waals surface area contributed by atoms with Crippen molar-refractivity contribution in [1.29, 1.82) is 0 Å². The fourth-order valence-corrected chi connectivity index (χ4v) is 2.11. The van der Waals surface area contributed by atoms with Crippen molar-refractivity contribution in [3.8, 4) is 0 Å². The van der Waals surface area contributed by atoms with Crippen LogP contribution in [0.3, 0.4) is 0 Å². The van der Waals surface area contributed by atoms with Crippen LogP contribution < -0.4 is 10.2 Å². The molecule has 0 aromatic heterocycles. The fraction of sp³-hybridized carbons (Fsp3) is 0.364. The quantitative estimate of drug-likeness (QED) is 0.767. The van der Waals surface area contributed by atoms with E-state index < -0.39 is 0 Å². The molecule has 1 aromatic carbocycles. The zero-order valence-corrected chi connectivity index (χ0v) is 9.51. The fourth-order valence-electron chi connectivity index (χ4n) is 1.66. The highest BCUT2D eigenvalue weighted by atomic mass is 32.2. The number of carbonyl (C=O) groups excluding carboxylic acids is 1. The second-order valence-electron chi connectivity index (χ2n) is 3.42. The number of carbonyl (C=O) groups is 1. The van der Waals surface area contributed by atoms with E-state index in [2.05, 4.69) is 17.4 Å². The summed E-state index contributed by atoms with van der Waals surface area (Å²) in [5.41, 5.74) is 1.01. The van der Waals surface area contributed by atoms with Gasteiger partial charge in [-0.05, 0) is 24.5 Å². The van der Waals surface area contributed by atoms with Gasteiger partial charge in [-0.3, -0.25) is 4.79 Å². The summed E-state index contributed by atoms with van der Waals surface area (Å²) in [4.78, 5) is 14.7. The number of piperazine rings is 1. The van der Waals surface area contributed by atoms with Gasteiger partial charge in [0, 0.05) is 23.7 Å². The lowest BCUT2D eigenvalue weighted by Crippen LogP contribution is -2.48. The van der Waals surface area contributed by atoms with Crippen molar-refractivity contribution >= 4 is 23.4 Å². The summed E-state index contributed by atoms with van der Waals surface area (Å²) >= 11 is 1.69. The molecule has 1 heterocycles. The van der Waals surface area contributed by atoms with Crippen LogP contribution in [0.25, 0.3) is 0 Å². The average Bonchev–Trinajstić information content (AvgIpc) is 2.30. The number of hydrogen-bond donors (Lipinski definition) is 1. The highest BCUT2D eigenvalue weighted by Crippen LogP contribution is 2.22. The average molecular weight is 222 g/mol. The largest absolute Gasteiger partial charge is 0.310 e. The summed E-state index contributed by atoms with van der Waals surface area (Å²) in [6.45, 7) is 2.08. The van der Waals surface area contributed by atoms with Gasteiger partial charge in [0.25, 0.3) is 0 Å². The molecule has 0 atom stereocenters. The number of benzene rings is 1. The molecule has 0 bridgehead atoms. The van der Waals surface area contributed by atoms with E-state index in [1.165, 1.54) is 4.90 Å². The van der Waals surface area contributed by atoms with Gasteiger partial charge in [-0.25, -0.2) is 0 Å². The van der Waals surface area contributed by atoms with E-state index in [-0.39, 0.29) is 5.91 Å².